The van der Waals surface area contributed by atoms with E-state index in [2.05, 4.69) is 10.3 Å². The van der Waals surface area contributed by atoms with E-state index in [1.165, 1.54) is 31.5 Å². The standard InChI is InChI=1S/C17H13N3O5/c1-24-16-8-12(20(22)23)6-7-13(16)18-9-11(10-21)17-19-14-4-2-3-5-15(14)25-17/h2-10,18H,1H3/b11-9+. The van der Waals surface area contributed by atoms with E-state index >= 15 is 0 Å². The van der Waals surface area contributed by atoms with Crippen molar-refractivity contribution in [3.05, 3.63) is 64.7 Å². The lowest BCUT2D eigenvalue weighted by Crippen LogP contribution is -1.97. The van der Waals surface area contributed by atoms with Crippen LogP contribution in [0.3, 0.4) is 0 Å². The van der Waals surface area contributed by atoms with Gasteiger partial charge in [-0.05, 0) is 18.2 Å². The van der Waals surface area contributed by atoms with E-state index in [0.717, 1.165) is 0 Å². The smallest absolute Gasteiger partial charge is 0.273 e. The number of anilines is 1. The number of para-hydroxylation sites is 2. The topological polar surface area (TPSA) is 108 Å². The second kappa shape index (κ2) is 6.83. The Bertz CT molecular complexity index is 944. The molecule has 0 saturated carbocycles. The normalized spacial score (nSPS) is 11.3. The number of nitrogens with zero attached hydrogens (tertiary/aromatic N) is 2. The van der Waals surface area contributed by atoms with Crippen molar-refractivity contribution in [1.82, 2.24) is 4.98 Å². The first-order valence-corrected chi connectivity index (χ1v) is 7.22. The number of nitro benzene ring substituents is 1. The van der Waals surface area contributed by atoms with Crippen LogP contribution in [-0.4, -0.2) is 23.3 Å². The lowest BCUT2D eigenvalue weighted by Gasteiger charge is -2.08. The maximum atomic E-state index is 11.4. The number of non-ortho nitro benzene ring substituents is 1. The Labute approximate surface area is 141 Å². The number of aldehydes is 1. The number of oxazole rings is 1. The van der Waals surface area contributed by atoms with E-state index in [4.69, 9.17) is 9.15 Å². The van der Waals surface area contributed by atoms with E-state index < -0.39 is 4.92 Å². The summed E-state index contributed by atoms with van der Waals surface area (Å²) in [4.78, 5) is 25.9. The summed E-state index contributed by atoms with van der Waals surface area (Å²) in [6.07, 6.45) is 2.01. The molecule has 2 aromatic carbocycles. The van der Waals surface area contributed by atoms with Crippen LogP contribution in [0.1, 0.15) is 5.89 Å². The molecule has 8 nitrogen and oxygen atoms in total. The van der Waals surface area contributed by atoms with Crippen molar-refractivity contribution in [1.29, 1.82) is 0 Å². The fourth-order valence-electron chi connectivity index (χ4n) is 2.21. The zero-order valence-electron chi connectivity index (χ0n) is 13.1. The number of methoxy groups -OCH3 is 1. The number of carbonyl (C=O) groups excluding carboxylic acids is 1. The van der Waals surface area contributed by atoms with Crippen LogP contribution in [0.5, 0.6) is 5.75 Å². The third kappa shape index (κ3) is 3.32. The highest BCUT2D eigenvalue weighted by atomic mass is 16.6. The summed E-state index contributed by atoms with van der Waals surface area (Å²) in [6, 6.07) is 11.3. The number of fused-ring (bicyclic) bond motifs is 1. The van der Waals surface area contributed by atoms with E-state index in [1.807, 2.05) is 12.1 Å². The molecule has 0 saturated heterocycles. The molecule has 8 heteroatoms. The van der Waals surface area contributed by atoms with Gasteiger partial charge >= 0.3 is 0 Å². The predicted octanol–water partition coefficient (Wildman–Crippen LogP) is 3.40. The van der Waals surface area contributed by atoms with Crippen molar-refractivity contribution in [2.24, 2.45) is 0 Å². The van der Waals surface area contributed by atoms with Crippen LogP contribution in [-0.2, 0) is 4.79 Å². The lowest BCUT2D eigenvalue weighted by atomic mass is 10.2. The zero-order valence-corrected chi connectivity index (χ0v) is 13.1. The number of nitro groups is 1. The van der Waals surface area contributed by atoms with Crippen molar-refractivity contribution in [3.8, 4) is 5.75 Å². The van der Waals surface area contributed by atoms with Gasteiger partial charge in [0.2, 0.25) is 5.89 Å². The first-order valence-electron chi connectivity index (χ1n) is 7.22. The van der Waals surface area contributed by atoms with Crippen LogP contribution >= 0.6 is 0 Å². The van der Waals surface area contributed by atoms with Gasteiger partial charge in [-0.15, -0.1) is 0 Å². The fourth-order valence-corrected chi connectivity index (χ4v) is 2.21. The molecule has 3 rings (SSSR count). The summed E-state index contributed by atoms with van der Waals surface area (Å²) in [5.41, 5.74) is 1.76. The van der Waals surface area contributed by atoms with E-state index in [0.29, 0.717) is 23.1 Å². The minimum atomic E-state index is -0.517. The minimum Gasteiger partial charge on any atom is -0.494 e. The molecular weight excluding hydrogens is 326 g/mol. The fraction of sp³-hybridized carbons (Fsp3) is 0.0588. The van der Waals surface area contributed by atoms with Gasteiger partial charge in [-0.3, -0.25) is 14.9 Å². The lowest BCUT2D eigenvalue weighted by molar-refractivity contribution is -0.384. The molecule has 0 fully saturated rings. The molecule has 3 aromatic rings. The number of ether oxygens (including phenoxy) is 1. The number of carbonyl (C=O) groups is 1. The monoisotopic (exact) mass is 339 g/mol. The van der Waals surface area contributed by atoms with E-state index in [1.54, 1.807) is 12.1 Å². The Morgan fingerprint density at radius 1 is 1.32 bits per heavy atom. The van der Waals surface area contributed by atoms with Gasteiger partial charge in [0.05, 0.1) is 29.4 Å². The van der Waals surface area contributed by atoms with Crippen LogP contribution in [0.25, 0.3) is 16.7 Å². The second-order valence-corrected chi connectivity index (χ2v) is 4.99. The van der Waals surface area contributed by atoms with Gasteiger partial charge in [0.15, 0.2) is 11.9 Å². The highest BCUT2D eigenvalue weighted by Gasteiger charge is 2.13. The summed E-state index contributed by atoms with van der Waals surface area (Å²) >= 11 is 0. The zero-order chi connectivity index (χ0) is 17.8. The van der Waals surface area contributed by atoms with Crippen LogP contribution in [0.4, 0.5) is 11.4 Å². The maximum Gasteiger partial charge on any atom is 0.273 e. The molecule has 0 unspecified atom stereocenters. The molecule has 0 amide bonds. The van der Waals surface area contributed by atoms with Gasteiger partial charge in [-0.25, -0.2) is 4.98 Å². The first-order chi connectivity index (χ1) is 12.1. The molecule has 0 radical (unpaired) electrons. The summed E-state index contributed by atoms with van der Waals surface area (Å²) in [5, 5.41) is 13.7. The molecule has 126 valence electrons. The molecule has 25 heavy (non-hydrogen) atoms. The molecule has 0 aliphatic carbocycles. The van der Waals surface area contributed by atoms with Gasteiger partial charge in [0.1, 0.15) is 11.3 Å². The molecule has 0 atom stereocenters. The summed E-state index contributed by atoms with van der Waals surface area (Å²) in [7, 11) is 1.40. The molecular formula is C17H13N3O5. The van der Waals surface area contributed by atoms with Crippen molar-refractivity contribution < 1.29 is 18.9 Å². The quantitative estimate of drug-likeness (QED) is 0.317. The number of hydrogen-bond donors (Lipinski definition) is 1. The number of rotatable bonds is 6. The van der Waals surface area contributed by atoms with Crippen LogP contribution in [0.15, 0.2) is 53.1 Å². The van der Waals surface area contributed by atoms with Gasteiger partial charge in [-0.1, -0.05) is 12.1 Å². The minimum absolute atomic E-state index is 0.0964. The van der Waals surface area contributed by atoms with Gasteiger partial charge < -0.3 is 14.5 Å². The Morgan fingerprint density at radius 3 is 2.80 bits per heavy atom. The Morgan fingerprint density at radius 2 is 2.12 bits per heavy atom. The predicted molar refractivity (Wildman–Crippen MR) is 91.3 cm³/mol. The van der Waals surface area contributed by atoms with Crippen molar-refractivity contribution in [2.45, 2.75) is 0 Å². The number of hydrogen-bond acceptors (Lipinski definition) is 7. The first kappa shape index (κ1) is 16.2. The van der Waals surface area contributed by atoms with Gasteiger partial charge in [0, 0.05) is 12.3 Å². The highest BCUT2D eigenvalue weighted by Crippen LogP contribution is 2.29. The van der Waals surface area contributed by atoms with Crippen LogP contribution in [0, 0.1) is 10.1 Å². The average Bonchev–Trinajstić information content (AvgIpc) is 3.06. The summed E-state index contributed by atoms with van der Waals surface area (Å²) in [5.74, 6) is 0.442. The van der Waals surface area contributed by atoms with Crippen molar-refractivity contribution in [2.75, 3.05) is 12.4 Å². The third-order valence-electron chi connectivity index (χ3n) is 3.45. The van der Waals surface area contributed by atoms with Crippen molar-refractivity contribution >= 4 is 34.3 Å². The second-order valence-electron chi connectivity index (χ2n) is 4.99. The molecule has 0 aliphatic rings. The van der Waals surface area contributed by atoms with Crippen LogP contribution < -0.4 is 10.1 Å². The molecule has 0 aliphatic heterocycles. The number of aromatic nitrogens is 1. The largest absolute Gasteiger partial charge is 0.494 e. The Kier molecular flexibility index (Phi) is 4.42. The summed E-state index contributed by atoms with van der Waals surface area (Å²) < 4.78 is 10.7. The van der Waals surface area contributed by atoms with Gasteiger partial charge in [0.25, 0.3) is 5.69 Å². The van der Waals surface area contributed by atoms with E-state index in [9.17, 15) is 14.9 Å². The summed E-state index contributed by atoms with van der Waals surface area (Å²) in [6.45, 7) is 0. The van der Waals surface area contributed by atoms with Crippen molar-refractivity contribution in [3.63, 3.8) is 0 Å². The number of allylic oxidation sites excluding steroid dienone is 1. The highest BCUT2D eigenvalue weighted by molar-refractivity contribution is 6.06. The molecule has 0 spiro atoms. The third-order valence-corrected chi connectivity index (χ3v) is 3.45. The maximum absolute atomic E-state index is 11.4. The Balaban J connectivity index is 1.91. The SMILES string of the molecule is COc1cc([N+](=O)[O-])ccc1N/C=C(\C=O)c1nc2ccccc2o1. The van der Waals surface area contributed by atoms with Crippen LogP contribution in [0.2, 0.25) is 0 Å². The number of benzene rings is 2. The van der Waals surface area contributed by atoms with Gasteiger partial charge in [-0.2, -0.15) is 0 Å². The molecule has 0 bridgehead atoms. The number of nitrogens with one attached hydrogen (secondary N) is 1. The van der Waals surface area contributed by atoms with E-state index in [-0.39, 0.29) is 22.9 Å². The molecule has 1 aromatic heterocycles. The molecule has 1 N–H and O–H groups in total. The average molecular weight is 339 g/mol. The molecule has 1 heterocycles. The Hall–Kier alpha value is -3.68.